The summed E-state index contributed by atoms with van der Waals surface area (Å²) >= 11 is 0. The van der Waals surface area contributed by atoms with E-state index in [0.29, 0.717) is 30.5 Å². The average Bonchev–Trinajstić information content (AvgIpc) is 3.19. The van der Waals surface area contributed by atoms with E-state index in [1.807, 2.05) is 4.90 Å². The third-order valence-corrected chi connectivity index (χ3v) is 6.44. The van der Waals surface area contributed by atoms with Crippen molar-refractivity contribution in [2.45, 2.75) is 57.4 Å². The third kappa shape index (κ3) is 3.29. The molecule has 3 aliphatic rings. The normalized spacial score (nSPS) is 27.3. The number of hydrogen-bond acceptors (Lipinski definition) is 3. The molecule has 1 aromatic heterocycles. The van der Waals surface area contributed by atoms with E-state index in [1.54, 1.807) is 6.07 Å². The van der Waals surface area contributed by atoms with E-state index in [2.05, 4.69) is 9.88 Å². The molecule has 26 heavy (non-hydrogen) atoms. The van der Waals surface area contributed by atoms with Crippen LogP contribution in [-0.4, -0.2) is 52.3 Å². The van der Waals surface area contributed by atoms with Crippen molar-refractivity contribution in [1.82, 2.24) is 14.8 Å². The molecule has 3 heterocycles. The molecule has 1 N–H and O–H groups in total. The number of rotatable bonds is 2. The number of likely N-dealkylation sites (tertiary alicyclic amines) is 2. The summed E-state index contributed by atoms with van der Waals surface area (Å²) in [6.45, 7) is 2.25. The molecule has 2 amide bonds. The fraction of sp³-hybridized carbons (Fsp3) is 0.650. The van der Waals surface area contributed by atoms with Crippen LogP contribution in [0.2, 0.25) is 0 Å². The zero-order chi connectivity index (χ0) is 18.1. The summed E-state index contributed by atoms with van der Waals surface area (Å²) in [6.07, 6.45) is 9.74. The van der Waals surface area contributed by atoms with Crippen LogP contribution in [0.1, 0.15) is 61.7 Å². The van der Waals surface area contributed by atoms with Gasteiger partial charge in [-0.1, -0.05) is 12.8 Å². The molecule has 0 unspecified atom stereocenters. The minimum Gasteiger partial charge on any atom is -0.339 e. The molecule has 1 saturated carbocycles. The first-order valence-electron chi connectivity index (χ1n) is 9.84. The Morgan fingerprint density at radius 2 is 1.88 bits per heavy atom. The maximum absolute atomic E-state index is 12.9. The van der Waals surface area contributed by atoms with Crippen molar-refractivity contribution >= 4 is 11.8 Å². The van der Waals surface area contributed by atoms with Crippen LogP contribution in [0.25, 0.3) is 0 Å². The molecule has 0 aromatic carbocycles. The highest BCUT2D eigenvalue weighted by Crippen LogP contribution is 2.41. The minimum absolute atomic E-state index is 0.0235. The van der Waals surface area contributed by atoms with E-state index < -0.39 is 0 Å². The SMILES string of the molecule is O=C(c1ccc(=O)[nH]c1)N1CCC[C@@]2(CCC(=O)N(C3CCCC3)C2)C1. The van der Waals surface area contributed by atoms with Crippen molar-refractivity contribution in [3.05, 3.63) is 34.2 Å². The molecule has 2 aliphatic heterocycles. The molecule has 4 rings (SSSR count). The number of aromatic amines is 1. The predicted molar refractivity (Wildman–Crippen MR) is 97.8 cm³/mol. The Morgan fingerprint density at radius 3 is 2.62 bits per heavy atom. The van der Waals surface area contributed by atoms with Crippen LogP contribution < -0.4 is 5.56 Å². The first-order chi connectivity index (χ1) is 12.6. The lowest BCUT2D eigenvalue weighted by molar-refractivity contribution is -0.142. The quantitative estimate of drug-likeness (QED) is 0.881. The van der Waals surface area contributed by atoms with Gasteiger partial charge in [-0.05, 0) is 38.2 Å². The Morgan fingerprint density at radius 1 is 1.08 bits per heavy atom. The van der Waals surface area contributed by atoms with E-state index in [9.17, 15) is 14.4 Å². The molecule has 2 saturated heterocycles. The number of nitrogens with zero attached hydrogens (tertiary/aromatic N) is 2. The molecule has 0 bridgehead atoms. The number of amides is 2. The van der Waals surface area contributed by atoms with Gasteiger partial charge in [0.2, 0.25) is 11.5 Å². The number of piperidine rings is 2. The van der Waals surface area contributed by atoms with E-state index in [4.69, 9.17) is 0 Å². The molecule has 0 radical (unpaired) electrons. The van der Waals surface area contributed by atoms with Gasteiger partial charge in [-0.25, -0.2) is 0 Å². The minimum atomic E-state index is -0.199. The van der Waals surface area contributed by atoms with E-state index in [1.165, 1.54) is 25.1 Å². The molecular weight excluding hydrogens is 330 g/mol. The lowest BCUT2D eigenvalue weighted by atomic mass is 9.73. The predicted octanol–water partition coefficient (Wildman–Crippen LogP) is 2.16. The third-order valence-electron chi connectivity index (χ3n) is 6.44. The van der Waals surface area contributed by atoms with Crippen LogP contribution >= 0.6 is 0 Å². The van der Waals surface area contributed by atoms with Crippen LogP contribution in [-0.2, 0) is 4.79 Å². The van der Waals surface area contributed by atoms with Crippen LogP contribution in [0, 0.1) is 5.41 Å². The second kappa shape index (κ2) is 6.89. The maximum atomic E-state index is 12.9. The standard InChI is InChI=1S/C20H27N3O3/c24-17-7-6-15(12-21-17)19(26)22-11-3-9-20(13-22)10-8-18(25)23(14-20)16-4-1-2-5-16/h6-7,12,16H,1-5,8-11,13-14H2,(H,21,24)/t20-/m1/s1. The Bertz CT molecular complexity index is 732. The number of carbonyl (C=O) groups is 2. The molecule has 140 valence electrons. The summed E-state index contributed by atoms with van der Waals surface area (Å²) in [4.78, 5) is 43.2. The Kier molecular flexibility index (Phi) is 4.59. The second-order valence-electron chi connectivity index (χ2n) is 8.23. The van der Waals surface area contributed by atoms with Crippen LogP contribution in [0.15, 0.2) is 23.1 Å². The fourth-order valence-corrected chi connectivity index (χ4v) is 5.03. The smallest absolute Gasteiger partial charge is 0.255 e. The Labute approximate surface area is 153 Å². The van der Waals surface area contributed by atoms with Gasteiger partial charge >= 0.3 is 0 Å². The zero-order valence-electron chi connectivity index (χ0n) is 15.2. The van der Waals surface area contributed by atoms with Gasteiger partial charge in [-0.15, -0.1) is 0 Å². The van der Waals surface area contributed by atoms with Crippen LogP contribution in [0.3, 0.4) is 0 Å². The summed E-state index contributed by atoms with van der Waals surface area (Å²) in [5.74, 6) is 0.274. The van der Waals surface area contributed by atoms with Gasteiger partial charge in [0.15, 0.2) is 0 Å². The first-order valence-corrected chi connectivity index (χ1v) is 9.84. The zero-order valence-corrected chi connectivity index (χ0v) is 15.2. The van der Waals surface area contributed by atoms with Gasteiger partial charge in [-0.2, -0.15) is 0 Å². The summed E-state index contributed by atoms with van der Waals surface area (Å²) < 4.78 is 0. The van der Waals surface area contributed by atoms with Gasteiger partial charge in [0, 0.05) is 49.8 Å². The highest BCUT2D eigenvalue weighted by atomic mass is 16.2. The van der Waals surface area contributed by atoms with E-state index in [0.717, 1.165) is 45.2 Å². The largest absolute Gasteiger partial charge is 0.339 e. The molecule has 1 atom stereocenters. The van der Waals surface area contributed by atoms with Gasteiger partial charge < -0.3 is 14.8 Å². The van der Waals surface area contributed by atoms with Crippen molar-refractivity contribution < 1.29 is 9.59 Å². The van der Waals surface area contributed by atoms with E-state index in [-0.39, 0.29) is 16.9 Å². The maximum Gasteiger partial charge on any atom is 0.255 e. The highest BCUT2D eigenvalue weighted by Gasteiger charge is 2.44. The summed E-state index contributed by atoms with van der Waals surface area (Å²) in [6, 6.07) is 3.40. The Hall–Kier alpha value is -2.11. The number of pyridine rings is 1. The number of H-pyrrole nitrogens is 1. The Balaban J connectivity index is 1.50. The summed E-state index contributed by atoms with van der Waals surface area (Å²) in [7, 11) is 0. The summed E-state index contributed by atoms with van der Waals surface area (Å²) in [5.41, 5.74) is 0.364. The van der Waals surface area contributed by atoms with Crippen molar-refractivity contribution in [2.75, 3.05) is 19.6 Å². The van der Waals surface area contributed by atoms with Crippen molar-refractivity contribution in [2.24, 2.45) is 5.41 Å². The molecule has 1 spiro atoms. The lowest BCUT2D eigenvalue weighted by Crippen LogP contribution is -2.56. The summed E-state index contributed by atoms with van der Waals surface area (Å²) in [5, 5.41) is 0. The molecule has 6 nitrogen and oxygen atoms in total. The molecule has 1 aromatic rings. The van der Waals surface area contributed by atoms with E-state index >= 15 is 0 Å². The molecule has 6 heteroatoms. The topological polar surface area (TPSA) is 73.5 Å². The van der Waals surface area contributed by atoms with Gasteiger partial charge in [0.05, 0.1) is 5.56 Å². The number of aromatic nitrogens is 1. The molecular formula is C20H27N3O3. The first kappa shape index (κ1) is 17.3. The number of nitrogens with one attached hydrogen (secondary N) is 1. The lowest BCUT2D eigenvalue weighted by Gasteiger charge is -2.49. The molecule has 3 fully saturated rings. The van der Waals surface area contributed by atoms with Gasteiger partial charge in [0.1, 0.15) is 0 Å². The van der Waals surface area contributed by atoms with Crippen molar-refractivity contribution in [3.8, 4) is 0 Å². The van der Waals surface area contributed by atoms with Crippen molar-refractivity contribution in [1.29, 1.82) is 0 Å². The average molecular weight is 357 g/mol. The molecule has 1 aliphatic carbocycles. The second-order valence-corrected chi connectivity index (χ2v) is 8.23. The van der Waals surface area contributed by atoms with Crippen molar-refractivity contribution in [3.63, 3.8) is 0 Å². The van der Waals surface area contributed by atoms with Gasteiger partial charge in [0.25, 0.3) is 5.91 Å². The van der Waals surface area contributed by atoms with Crippen LogP contribution in [0.5, 0.6) is 0 Å². The highest BCUT2D eigenvalue weighted by molar-refractivity contribution is 5.94. The van der Waals surface area contributed by atoms with Crippen LogP contribution in [0.4, 0.5) is 0 Å². The van der Waals surface area contributed by atoms with Gasteiger partial charge in [-0.3, -0.25) is 14.4 Å². The number of carbonyl (C=O) groups excluding carboxylic acids is 2. The monoisotopic (exact) mass is 357 g/mol. The fourth-order valence-electron chi connectivity index (χ4n) is 5.03. The number of hydrogen-bond donors (Lipinski definition) is 1.